The quantitative estimate of drug-likeness (QED) is 0.834. The standard InChI is InChI=1S/C12H16FN5O2S/c1-8(12-16-15-7-18(12)2)17-21(19,20)11-5-9(6-14)3-4-10(11)13/h3-5,7-8,17H,6,14H2,1-2H3. The molecule has 0 saturated carbocycles. The van der Waals surface area contributed by atoms with Crippen LogP contribution in [0, 0.1) is 5.82 Å². The van der Waals surface area contributed by atoms with Crippen molar-refractivity contribution < 1.29 is 12.8 Å². The Balaban J connectivity index is 2.33. The van der Waals surface area contributed by atoms with Gasteiger partial charge in [-0.3, -0.25) is 0 Å². The van der Waals surface area contributed by atoms with E-state index in [4.69, 9.17) is 5.73 Å². The van der Waals surface area contributed by atoms with E-state index in [0.717, 1.165) is 6.07 Å². The fourth-order valence-electron chi connectivity index (χ4n) is 1.91. The highest BCUT2D eigenvalue weighted by atomic mass is 32.2. The fraction of sp³-hybridized carbons (Fsp3) is 0.333. The van der Waals surface area contributed by atoms with Crippen LogP contribution < -0.4 is 10.5 Å². The Morgan fingerprint density at radius 3 is 2.76 bits per heavy atom. The molecule has 2 aromatic rings. The van der Waals surface area contributed by atoms with Crippen molar-refractivity contribution in [2.45, 2.75) is 24.4 Å². The molecule has 3 N–H and O–H groups in total. The summed E-state index contributed by atoms with van der Waals surface area (Å²) in [5, 5.41) is 7.50. The average Bonchev–Trinajstić information content (AvgIpc) is 2.85. The summed E-state index contributed by atoms with van der Waals surface area (Å²) in [4.78, 5) is -0.431. The summed E-state index contributed by atoms with van der Waals surface area (Å²) in [7, 11) is -2.34. The van der Waals surface area contributed by atoms with Crippen molar-refractivity contribution in [3.8, 4) is 0 Å². The van der Waals surface area contributed by atoms with Gasteiger partial charge in [-0.2, -0.15) is 0 Å². The van der Waals surface area contributed by atoms with Crippen molar-refractivity contribution in [3.05, 3.63) is 41.7 Å². The van der Waals surface area contributed by atoms with E-state index in [-0.39, 0.29) is 6.54 Å². The van der Waals surface area contributed by atoms with Gasteiger partial charge >= 0.3 is 0 Å². The van der Waals surface area contributed by atoms with Crippen molar-refractivity contribution in [2.24, 2.45) is 12.8 Å². The van der Waals surface area contributed by atoms with Gasteiger partial charge in [-0.25, -0.2) is 17.5 Å². The zero-order valence-electron chi connectivity index (χ0n) is 11.6. The molecule has 2 rings (SSSR count). The molecule has 1 unspecified atom stereocenters. The third-order valence-electron chi connectivity index (χ3n) is 2.99. The first-order valence-corrected chi connectivity index (χ1v) is 7.68. The van der Waals surface area contributed by atoms with Gasteiger partial charge in [0.05, 0.1) is 6.04 Å². The number of aryl methyl sites for hydroxylation is 1. The van der Waals surface area contributed by atoms with Gasteiger partial charge in [0.2, 0.25) is 10.0 Å². The normalized spacial score (nSPS) is 13.3. The van der Waals surface area contributed by atoms with Crippen molar-refractivity contribution in [2.75, 3.05) is 0 Å². The Labute approximate surface area is 122 Å². The highest BCUT2D eigenvalue weighted by molar-refractivity contribution is 7.89. The molecular weight excluding hydrogens is 297 g/mol. The molecule has 0 aliphatic heterocycles. The molecule has 114 valence electrons. The Hall–Kier alpha value is -1.84. The Morgan fingerprint density at radius 2 is 2.19 bits per heavy atom. The highest BCUT2D eigenvalue weighted by Crippen LogP contribution is 2.19. The van der Waals surface area contributed by atoms with Crippen molar-refractivity contribution >= 4 is 10.0 Å². The first-order chi connectivity index (χ1) is 9.85. The molecule has 1 atom stereocenters. The largest absolute Gasteiger partial charge is 0.326 e. The van der Waals surface area contributed by atoms with Gasteiger partial charge in [0.25, 0.3) is 0 Å². The molecule has 0 aliphatic carbocycles. The molecule has 1 heterocycles. The second-order valence-corrected chi connectivity index (χ2v) is 6.29. The number of aromatic nitrogens is 3. The van der Waals surface area contributed by atoms with E-state index in [9.17, 15) is 12.8 Å². The van der Waals surface area contributed by atoms with Crippen LogP contribution in [0.2, 0.25) is 0 Å². The average molecular weight is 313 g/mol. The summed E-state index contributed by atoms with van der Waals surface area (Å²) in [5.41, 5.74) is 5.98. The minimum absolute atomic E-state index is 0.127. The molecule has 0 fully saturated rings. The smallest absolute Gasteiger partial charge is 0.244 e. The minimum atomic E-state index is -4.03. The van der Waals surface area contributed by atoms with Crippen LogP contribution in [0.15, 0.2) is 29.4 Å². The summed E-state index contributed by atoms with van der Waals surface area (Å²) >= 11 is 0. The predicted octanol–water partition coefficient (Wildman–Crippen LogP) is 0.452. The zero-order valence-corrected chi connectivity index (χ0v) is 12.4. The van der Waals surface area contributed by atoms with Crippen LogP contribution >= 0.6 is 0 Å². The Kier molecular flexibility index (Phi) is 4.35. The SMILES string of the molecule is CC(NS(=O)(=O)c1cc(CN)ccc1F)c1nncn1C. The summed E-state index contributed by atoms with van der Waals surface area (Å²) < 4.78 is 42.3. The second kappa shape index (κ2) is 5.88. The Bertz CT molecular complexity index is 744. The maximum Gasteiger partial charge on any atom is 0.244 e. The molecule has 7 nitrogen and oxygen atoms in total. The second-order valence-electron chi connectivity index (χ2n) is 4.61. The minimum Gasteiger partial charge on any atom is -0.326 e. The molecule has 9 heteroatoms. The Morgan fingerprint density at radius 1 is 1.48 bits per heavy atom. The number of nitrogens with two attached hydrogens (primary N) is 1. The summed E-state index contributed by atoms with van der Waals surface area (Å²) in [6.45, 7) is 1.73. The number of sulfonamides is 1. The van der Waals surface area contributed by atoms with E-state index in [1.54, 1.807) is 18.5 Å². The van der Waals surface area contributed by atoms with Crippen LogP contribution in [0.3, 0.4) is 0 Å². The molecule has 1 aromatic heterocycles. The number of halogens is 1. The van der Waals surface area contributed by atoms with Gasteiger partial charge in [-0.1, -0.05) is 6.07 Å². The van der Waals surface area contributed by atoms with Gasteiger partial charge < -0.3 is 10.3 Å². The van der Waals surface area contributed by atoms with E-state index in [1.807, 2.05) is 0 Å². The van der Waals surface area contributed by atoms with Crippen molar-refractivity contribution in [1.29, 1.82) is 0 Å². The molecule has 21 heavy (non-hydrogen) atoms. The van der Waals surface area contributed by atoms with Crippen molar-refractivity contribution in [3.63, 3.8) is 0 Å². The number of nitrogens with zero attached hydrogens (tertiary/aromatic N) is 3. The van der Waals surface area contributed by atoms with E-state index in [0.29, 0.717) is 11.4 Å². The molecule has 0 spiro atoms. The predicted molar refractivity (Wildman–Crippen MR) is 74.0 cm³/mol. The van der Waals surface area contributed by atoms with Gasteiger partial charge in [0.15, 0.2) is 0 Å². The number of benzene rings is 1. The van der Waals surface area contributed by atoms with Crippen LogP contribution in [-0.4, -0.2) is 23.2 Å². The molecule has 0 aliphatic rings. The number of hydrogen-bond donors (Lipinski definition) is 2. The third-order valence-corrected chi connectivity index (χ3v) is 4.54. The summed E-state index contributed by atoms with van der Waals surface area (Å²) in [6, 6.07) is 3.11. The first-order valence-electron chi connectivity index (χ1n) is 6.20. The van der Waals surface area contributed by atoms with Gasteiger partial charge in [0, 0.05) is 13.6 Å². The topological polar surface area (TPSA) is 103 Å². The van der Waals surface area contributed by atoms with E-state index in [2.05, 4.69) is 14.9 Å². The lowest BCUT2D eigenvalue weighted by atomic mass is 10.2. The lowest BCUT2D eigenvalue weighted by Gasteiger charge is -2.14. The maximum atomic E-state index is 13.8. The van der Waals surface area contributed by atoms with Gasteiger partial charge in [-0.05, 0) is 24.6 Å². The number of nitrogens with one attached hydrogen (secondary N) is 1. The zero-order chi connectivity index (χ0) is 15.6. The molecule has 0 amide bonds. The monoisotopic (exact) mass is 313 g/mol. The van der Waals surface area contributed by atoms with E-state index >= 15 is 0 Å². The number of hydrogen-bond acceptors (Lipinski definition) is 5. The molecule has 0 radical (unpaired) electrons. The number of rotatable bonds is 5. The lowest BCUT2D eigenvalue weighted by molar-refractivity contribution is 0.537. The highest BCUT2D eigenvalue weighted by Gasteiger charge is 2.24. The van der Waals surface area contributed by atoms with Crippen LogP contribution in [0.25, 0.3) is 0 Å². The van der Waals surface area contributed by atoms with Crippen LogP contribution in [0.4, 0.5) is 4.39 Å². The third kappa shape index (κ3) is 3.26. The van der Waals surface area contributed by atoms with Crippen LogP contribution in [0.5, 0.6) is 0 Å². The molecule has 0 saturated heterocycles. The summed E-state index contributed by atoms with van der Waals surface area (Å²) in [6.07, 6.45) is 1.45. The first kappa shape index (κ1) is 15.5. The molecule has 0 bridgehead atoms. The van der Waals surface area contributed by atoms with Gasteiger partial charge in [0.1, 0.15) is 22.9 Å². The molecule has 1 aromatic carbocycles. The lowest BCUT2D eigenvalue weighted by Crippen LogP contribution is -2.29. The fourth-order valence-corrected chi connectivity index (χ4v) is 3.24. The summed E-state index contributed by atoms with van der Waals surface area (Å²) in [5.74, 6) is -0.404. The van der Waals surface area contributed by atoms with Crippen molar-refractivity contribution in [1.82, 2.24) is 19.5 Å². The van der Waals surface area contributed by atoms with Crippen LogP contribution in [0.1, 0.15) is 24.4 Å². The molecular formula is C12H16FN5O2S. The van der Waals surface area contributed by atoms with Gasteiger partial charge in [-0.15, -0.1) is 10.2 Å². The van der Waals surface area contributed by atoms with E-state index in [1.165, 1.54) is 18.5 Å². The maximum absolute atomic E-state index is 13.8. The van der Waals surface area contributed by atoms with Crippen LogP contribution in [-0.2, 0) is 23.6 Å². The van der Waals surface area contributed by atoms with E-state index < -0.39 is 26.8 Å².